The third-order valence-corrected chi connectivity index (χ3v) is 3.97. The van der Waals surface area contributed by atoms with Crippen LogP contribution in [0.25, 0.3) is 0 Å². The van der Waals surface area contributed by atoms with Crippen molar-refractivity contribution in [1.29, 1.82) is 0 Å². The maximum absolute atomic E-state index is 11.8. The molecule has 1 aromatic rings. The molecular weight excluding hydrogens is 248 g/mol. The maximum Gasteiger partial charge on any atom is 0.234 e. The summed E-state index contributed by atoms with van der Waals surface area (Å²) in [4.78, 5) is 11.8. The number of amides is 1. The van der Waals surface area contributed by atoms with E-state index in [1.807, 2.05) is 18.2 Å². The number of rotatable bonds is 5. The van der Waals surface area contributed by atoms with E-state index in [1.165, 1.54) is 11.1 Å². The van der Waals surface area contributed by atoms with Crippen LogP contribution in [0.2, 0.25) is 0 Å². The highest BCUT2D eigenvalue weighted by atomic mass is 16.1. The SMILES string of the molecule is CC1=CC(C)CC(C(NCc2ccccc2)C(N)=O)C1. The van der Waals surface area contributed by atoms with Crippen molar-refractivity contribution in [3.8, 4) is 0 Å². The molecule has 3 N–H and O–H groups in total. The second kappa shape index (κ2) is 6.71. The predicted octanol–water partition coefficient (Wildman–Crippen LogP) is 2.62. The lowest BCUT2D eigenvalue weighted by molar-refractivity contribution is -0.121. The summed E-state index contributed by atoms with van der Waals surface area (Å²) >= 11 is 0. The predicted molar refractivity (Wildman–Crippen MR) is 81.9 cm³/mol. The van der Waals surface area contributed by atoms with Crippen LogP contribution >= 0.6 is 0 Å². The van der Waals surface area contributed by atoms with Crippen LogP contribution in [-0.2, 0) is 11.3 Å². The third-order valence-electron chi connectivity index (χ3n) is 3.97. The standard InChI is InChI=1S/C17H24N2O/c1-12-8-13(2)10-15(9-12)16(17(18)20)19-11-14-6-4-3-5-7-14/h3-8,12,15-16,19H,9-11H2,1-2H3,(H2,18,20). The molecule has 3 nitrogen and oxygen atoms in total. The molecule has 1 aliphatic carbocycles. The average molecular weight is 272 g/mol. The molecule has 0 aliphatic heterocycles. The fraction of sp³-hybridized carbons (Fsp3) is 0.471. The first-order valence-electron chi connectivity index (χ1n) is 7.30. The number of carbonyl (C=O) groups is 1. The Bertz CT molecular complexity index is 481. The first-order valence-corrected chi connectivity index (χ1v) is 7.30. The normalized spacial score (nSPS) is 24.0. The van der Waals surface area contributed by atoms with E-state index in [-0.39, 0.29) is 11.9 Å². The minimum absolute atomic E-state index is 0.243. The highest BCUT2D eigenvalue weighted by molar-refractivity contribution is 5.80. The summed E-state index contributed by atoms with van der Waals surface area (Å²) in [6.07, 6.45) is 4.28. The molecule has 0 fully saturated rings. The smallest absolute Gasteiger partial charge is 0.234 e. The van der Waals surface area contributed by atoms with Gasteiger partial charge in [0.05, 0.1) is 6.04 Å². The molecule has 20 heavy (non-hydrogen) atoms. The van der Waals surface area contributed by atoms with Gasteiger partial charge in [-0.1, -0.05) is 48.9 Å². The Labute approximate surface area is 121 Å². The van der Waals surface area contributed by atoms with Crippen molar-refractivity contribution >= 4 is 5.91 Å². The van der Waals surface area contributed by atoms with E-state index in [0.29, 0.717) is 18.4 Å². The van der Waals surface area contributed by atoms with E-state index in [1.54, 1.807) is 0 Å². The van der Waals surface area contributed by atoms with Crippen molar-refractivity contribution in [3.63, 3.8) is 0 Å². The van der Waals surface area contributed by atoms with Gasteiger partial charge < -0.3 is 11.1 Å². The summed E-state index contributed by atoms with van der Waals surface area (Å²) in [6.45, 7) is 5.02. The van der Waals surface area contributed by atoms with E-state index < -0.39 is 0 Å². The quantitative estimate of drug-likeness (QED) is 0.810. The monoisotopic (exact) mass is 272 g/mol. The van der Waals surface area contributed by atoms with Gasteiger partial charge >= 0.3 is 0 Å². The lowest BCUT2D eigenvalue weighted by atomic mass is 9.79. The Hall–Kier alpha value is -1.61. The third kappa shape index (κ3) is 3.94. The van der Waals surface area contributed by atoms with Crippen LogP contribution in [0.3, 0.4) is 0 Å². The van der Waals surface area contributed by atoms with Crippen LogP contribution in [-0.4, -0.2) is 11.9 Å². The average Bonchev–Trinajstić information content (AvgIpc) is 2.38. The summed E-state index contributed by atoms with van der Waals surface area (Å²) in [7, 11) is 0. The van der Waals surface area contributed by atoms with E-state index in [2.05, 4.69) is 37.4 Å². The second-order valence-corrected chi connectivity index (χ2v) is 5.94. The van der Waals surface area contributed by atoms with E-state index >= 15 is 0 Å². The number of benzene rings is 1. The number of hydrogen-bond donors (Lipinski definition) is 2. The Kier molecular flexibility index (Phi) is 4.96. The van der Waals surface area contributed by atoms with Crippen molar-refractivity contribution in [3.05, 3.63) is 47.5 Å². The van der Waals surface area contributed by atoms with Gasteiger partial charge in [0, 0.05) is 6.54 Å². The Morgan fingerprint density at radius 2 is 2.10 bits per heavy atom. The fourth-order valence-electron chi connectivity index (χ4n) is 3.17. The van der Waals surface area contributed by atoms with Gasteiger partial charge in [-0.05, 0) is 37.2 Å². The topological polar surface area (TPSA) is 55.1 Å². The number of carbonyl (C=O) groups excluding carboxylic acids is 1. The van der Waals surface area contributed by atoms with Crippen molar-refractivity contribution < 1.29 is 4.79 Å². The molecule has 0 heterocycles. The number of nitrogens with one attached hydrogen (secondary N) is 1. The fourth-order valence-corrected chi connectivity index (χ4v) is 3.17. The van der Waals surface area contributed by atoms with Gasteiger partial charge in [-0.3, -0.25) is 4.79 Å². The minimum Gasteiger partial charge on any atom is -0.368 e. The van der Waals surface area contributed by atoms with Crippen LogP contribution in [0, 0.1) is 11.8 Å². The van der Waals surface area contributed by atoms with Crippen LogP contribution in [0.4, 0.5) is 0 Å². The lowest BCUT2D eigenvalue weighted by Gasteiger charge is -2.31. The molecule has 1 amide bonds. The zero-order valence-electron chi connectivity index (χ0n) is 12.3. The summed E-state index contributed by atoms with van der Waals surface area (Å²) < 4.78 is 0. The van der Waals surface area contributed by atoms with Gasteiger partial charge in [0.1, 0.15) is 0 Å². The number of nitrogens with two attached hydrogens (primary N) is 1. The number of hydrogen-bond acceptors (Lipinski definition) is 2. The Balaban J connectivity index is 2.01. The zero-order valence-corrected chi connectivity index (χ0v) is 12.3. The van der Waals surface area contributed by atoms with Crippen molar-refractivity contribution in [1.82, 2.24) is 5.32 Å². The maximum atomic E-state index is 11.8. The minimum atomic E-state index is -0.249. The van der Waals surface area contributed by atoms with E-state index in [4.69, 9.17) is 5.73 Å². The van der Waals surface area contributed by atoms with Crippen molar-refractivity contribution in [2.75, 3.05) is 0 Å². The molecule has 1 aromatic carbocycles. The van der Waals surface area contributed by atoms with Crippen LogP contribution in [0.1, 0.15) is 32.3 Å². The molecule has 0 aromatic heterocycles. The Morgan fingerprint density at radius 1 is 1.40 bits per heavy atom. The van der Waals surface area contributed by atoms with Crippen LogP contribution in [0.5, 0.6) is 0 Å². The molecule has 0 spiro atoms. The van der Waals surface area contributed by atoms with Crippen molar-refractivity contribution in [2.45, 2.75) is 39.3 Å². The summed E-state index contributed by atoms with van der Waals surface area (Å²) in [5.41, 5.74) is 8.14. The van der Waals surface area contributed by atoms with Gasteiger partial charge in [0.15, 0.2) is 0 Å². The van der Waals surface area contributed by atoms with Crippen LogP contribution < -0.4 is 11.1 Å². The van der Waals surface area contributed by atoms with Crippen LogP contribution in [0.15, 0.2) is 42.0 Å². The van der Waals surface area contributed by atoms with Gasteiger partial charge in [-0.15, -0.1) is 0 Å². The first kappa shape index (κ1) is 14.8. The molecule has 3 unspecified atom stereocenters. The zero-order chi connectivity index (χ0) is 14.5. The summed E-state index contributed by atoms with van der Waals surface area (Å²) in [5, 5.41) is 3.34. The lowest BCUT2D eigenvalue weighted by Crippen LogP contribution is -2.47. The van der Waals surface area contributed by atoms with Gasteiger partial charge in [-0.2, -0.15) is 0 Å². The largest absolute Gasteiger partial charge is 0.368 e. The molecule has 0 saturated carbocycles. The number of allylic oxidation sites excluding steroid dienone is 2. The van der Waals surface area contributed by atoms with Gasteiger partial charge in [0.25, 0.3) is 0 Å². The molecule has 0 radical (unpaired) electrons. The van der Waals surface area contributed by atoms with E-state index in [9.17, 15) is 4.79 Å². The first-order chi connectivity index (χ1) is 9.56. The molecular formula is C17H24N2O. The number of primary amides is 1. The Morgan fingerprint density at radius 3 is 2.70 bits per heavy atom. The molecule has 0 bridgehead atoms. The van der Waals surface area contributed by atoms with E-state index in [0.717, 1.165) is 12.8 Å². The highest BCUT2D eigenvalue weighted by Crippen LogP contribution is 2.30. The molecule has 3 atom stereocenters. The molecule has 2 rings (SSSR count). The highest BCUT2D eigenvalue weighted by Gasteiger charge is 2.29. The van der Waals surface area contributed by atoms with Gasteiger partial charge in [-0.25, -0.2) is 0 Å². The summed E-state index contributed by atoms with van der Waals surface area (Å²) in [5.74, 6) is 0.582. The molecule has 3 heteroatoms. The molecule has 0 saturated heterocycles. The van der Waals surface area contributed by atoms with Crippen molar-refractivity contribution in [2.24, 2.45) is 17.6 Å². The van der Waals surface area contributed by atoms with Gasteiger partial charge in [0.2, 0.25) is 5.91 Å². The molecule has 108 valence electrons. The second-order valence-electron chi connectivity index (χ2n) is 5.94. The summed E-state index contributed by atoms with van der Waals surface area (Å²) in [6, 6.07) is 9.87. The molecule has 1 aliphatic rings.